The minimum Gasteiger partial charge on any atom is -0.381 e. The number of guanidine groups is 1. The van der Waals surface area contributed by atoms with Crippen LogP contribution in [0.25, 0.3) is 0 Å². The van der Waals surface area contributed by atoms with E-state index in [9.17, 15) is 0 Å². The van der Waals surface area contributed by atoms with Crippen molar-refractivity contribution in [3.05, 3.63) is 0 Å². The Morgan fingerprint density at radius 1 is 1.47 bits per heavy atom. The second kappa shape index (κ2) is 9.24. The fourth-order valence-corrected chi connectivity index (χ4v) is 1.67. The molecule has 0 radical (unpaired) electrons. The van der Waals surface area contributed by atoms with E-state index in [4.69, 9.17) is 15.2 Å². The predicted octanol–water partition coefficient (Wildman–Crippen LogP) is 0.886. The molecule has 17 heavy (non-hydrogen) atoms. The van der Waals surface area contributed by atoms with Crippen LogP contribution in [-0.4, -0.2) is 45.0 Å². The summed E-state index contributed by atoms with van der Waals surface area (Å²) in [6, 6.07) is 0. The van der Waals surface area contributed by atoms with Crippen LogP contribution < -0.4 is 11.1 Å². The first-order valence-corrected chi connectivity index (χ1v) is 6.56. The van der Waals surface area contributed by atoms with E-state index in [2.05, 4.69) is 17.2 Å². The van der Waals surface area contributed by atoms with Gasteiger partial charge in [0.25, 0.3) is 0 Å². The van der Waals surface area contributed by atoms with Gasteiger partial charge in [-0.25, -0.2) is 0 Å². The van der Waals surface area contributed by atoms with Crippen LogP contribution in [0, 0.1) is 0 Å². The Kier molecular flexibility index (Phi) is 7.75. The molecule has 0 saturated carbocycles. The van der Waals surface area contributed by atoms with Crippen molar-refractivity contribution in [2.24, 2.45) is 10.7 Å². The summed E-state index contributed by atoms with van der Waals surface area (Å²) >= 11 is 0. The smallest absolute Gasteiger partial charge is 0.188 e. The highest BCUT2D eigenvalue weighted by Crippen LogP contribution is 2.10. The van der Waals surface area contributed by atoms with Gasteiger partial charge < -0.3 is 20.5 Å². The minimum atomic E-state index is 0.384. The lowest BCUT2D eigenvalue weighted by Gasteiger charge is -2.22. The maximum Gasteiger partial charge on any atom is 0.188 e. The standard InChI is InChI=1S/C12H25N3O2/c1-2-6-14-12(13)15-7-3-8-17-11-4-9-16-10-5-11/h11H,2-10H2,1H3,(H3,13,14,15). The fourth-order valence-electron chi connectivity index (χ4n) is 1.67. The second-order valence-corrected chi connectivity index (χ2v) is 4.23. The maximum absolute atomic E-state index is 5.75. The molecule has 3 N–H and O–H groups in total. The molecule has 0 aromatic rings. The third-order valence-electron chi connectivity index (χ3n) is 2.65. The number of nitrogens with two attached hydrogens (primary N) is 1. The van der Waals surface area contributed by atoms with Crippen molar-refractivity contribution in [1.82, 2.24) is 5.32 Å². The maximum atomic E-state index is 5.75. The number of hydrogen-bond acceptors (Lipinski definition) is 3. The number of rotatable bonds is 7. The Hall–Kier alpha value is -0.810. The number of nitrogens with one attached hydrogen (secondary N) is 1. The molecule has 0 bridgehead atoms. The van der Waals surface area contributed by atoms with Crippen molar-refractivity contribution < 1.29 is 9.47 Å². The molecule has 0 aromatic carbocycles. The van der Waals surface area contributed by atoms with E-state index in [1.165, 1.54) is 0 Å². The van der Waals surface area contributed by atoms with Gasteiger partial charge in [-0.15, -0.1) is 0 Å². The van der Waals surface area contributed by atoms with Crippen LogP contribution in [0.4, 0.5) is 0 Å². The Morgan fingerprint density at radius 3 is 2.94 bits per heavy atom. The lowest BCUT2D eigenvalue weighted by molar-refractivity contribution is -0.0320. The van der Waals surface area contributed by atoms with E-state index < -0.39 is 0 Å². The molecule has 5 heteroatoms. The van der Waals surface area contributed by atoms with Crippen molar-refractivity contribution in [1.29, 1.82) is 0 Å². The summed E-state index contributed by atoms with van der Waals surface area (Å²) in [6.45, 7) is 6.13. The summed E-state index contributed by atoms with van der Waals surface area (Å²) in [6.07, 6.45) is 4.41. The van der Waals surface area contributed by atoms with Gasteiger partial charge in [-0.2, -0.15) is 0 Å². The Labute approximate surface area is 104 Å². The van der Waals surface area contributed by atoms with Crippen LogP contribution in [-0.2, 0) is 9.47 Å². The molecule has 1 aliphatic rings. The van der Waals surface area contributed by atoms with Crippen molar-refractivity contribution in [3.8, 4) is 0 Å². The third-order valence-corrected chi connectivity index (χ3v) is 2.65. The predicted molar refractivity (Wildman–Crippen MR) is 69.2 cm³/mol. The highest BCUT2D eigenvalue weighted by atomic mass is 16.5. The molecule has 0 unspecified atom stereocenters. The molecule has 1 saturated heterocycles. The summed E-state index contributed by atoms with van der Waals surface area (Å²) in [5.74, 6) is 0.540. The quantitative estimate of drug-likeness (QED) is 0.396. The van der Waals surface area contributed by atoms with Gasteiger partial charge in [0, 0.05) is 32.9 Å². The van der Waals surface area contributed by atoms with Crippen LogP contribution in [0.15, 0.2) is 4.99 Å². The van der Waals surface area contributed by atoms with Crippen molar-refractivity contribution >= 4 is 5.96 Å². The van der Waals surface area contributed by atoms with Gasteiger partial charge in [0.05, 0.1) is 6.10 Å². The van der Waals surface area contributed by atoms with Gasteiger partial charge >= 0.3 is 0 Å². The number of ether oxygens (including phenoxy) is 2. The summed E-state index contributed by atoms with van der Waals surface area (Å²) in [5, 5.41) is 3.08. The molecule has 1 fully saturated rings. The molecule has 5 nitrogen and oxygen atoms in total. The topological polar surface area (TPSA) is 68.9 Å². The lowest BCUT2D eigenvalue weighted by Crippen LogP contribution is -2.33. The SMILES string of the molecule is CCCN=C(N)NCCCOC1CCOCC1. The third kappa shape index (κ3) is 7.18. The van der Waals surface area contributed by atoms with E-state index in [1.54, 1.807) is 0 Å². The molecule has 0 aromatic heterocycles. The summed E-state index contributed by atoms with van der Waals surface area (Å²) < 4.78 is 11.0. The second-order valence-electron chi connectivity index (χ2n) is 4.23. The highest BCUT2D eigenvalue weighted by Gasteiger charge is 2.13. The zero-order valence-electron chi connectivity index (χ0n) is 10.8. The van der Waals surface area contributed by atoms with Crippen LogP contribution in [0.1, 0.15) is 32.6 Å². The molecular weight excluding hydrogens is 218 g/mol. The van der Waals surface area contributed by atoms with Crippen molar-refractivity contribution in [2.75, 3.05) is 32.9 Å². The zero-order valence-corrected chi connectivity index (χ0v) is 10.8. The van der Waals surface area contributed by atoms with Gasteiger partial charge in [0.15, 0.2) is 5.96 Å². The molecule has 0 amide bonds. The first-order chi connectivity index (χ1) is 8.33. The van der Waals surface area contributed by atoms with Crippen molar-refractivity contribution in [2.45, 2.75) is 38.7 Å². The number of hydrogen-bond donors (Lipinski definition) is 2. The van der Waals surface area contributed by atoms with Crippen molar-refractivity contribution in [3.63, 3.8) is 0 Å². The molecule has 1 aliphatic heterocycles. The Balaban J connectivity index is 1.93. The molecular formula is C12H25N3O2. The van der Waals surface area contributed by atoms with Crippen LogP contribution in [0.5, 0.6) is 0 Å². The van der Waals surface area contributed by atoms with Gasteiger partial charge in [-0.3, -0.25) is 4.99 Å². The van der Waals surface area contributed by atoms with Gasteiger partial charge in [-0.1, -0.05) is 6.92 Å². The van der Waals surface area contributed by atoms with Crippen LogP contribution >= 0.6 is 0 Å². The molecule has 100 valence electrons. The van der Waals surface area contributed by atoms with Gasteiger partial charge in [-0.05, 0) is 25.7 Å². The zero-order chi connectivity index (χ0) is 12.3. The van der Waals surface area contributed by atoms with Crippen LogP contribution in [0.2, 0.25) is 0 Å². The highest BCUT2D eigenvalue weighted by molar-refractivity contribution is 5.77. The number of aliphatic imine (C=N–C) groups is 1. The summed E-state index contributed by atoms with van der Waals surface area (Å²) in [5.41, 5.74) is 5.67. The van der Waals surface area contributed by atoms with E-state index in [-0.39, 0.29) is 0 Å². The van der Waals surface area contributed by atoms with Gasteiger partial charge in [0.1, 0.15) is 0 Å². The normalized spacial score (nSPS) is 18.3. The first-order valence-electron chi connectivity index (χ1n) is 6.56. The molecule has 0 atom stereocenters. The van der Waals surface area contributed by atoms with Crippen LogP contribution in [0.3, 0.4) is 0 Å². The monoisotopic (exact) mass is 243 g/mol. The largest absolute Gasteiger partial charge is 0.381 e. The summed E-state index contributed by atoms with van der Waals surface area (Å²) in [7, 11) is 0. The Morgan fingerprint density at radius 2 is 2.24 bits per heavy atom. The molecule has 1 rings (SSSR count). The average Bonchev–Trinajstić information content (AvgIpc) is 2.37. The Bertz CT molecular complexity index is 216. The van der Waals surface area contributed by atoms with E-state index in [0.29, 0.717) is 12.1 Å². The summed E-state index contributed by atoms with van der Waals surface area (Å²) in [4.78, 5) is 4.16. The van der Waals surface area contributed by atoms with E-state index >= 15 is 0 Å². The molecule has 0 aliphatic carbocycles. The fraction of sp³-hybridized carbons (Fsp3) is 0.917. The molecule has 0 spiro atoms. The van der Waals surface area contributed by atoms with E-state index in [1.807, 2.05) is 0 Å². The molecule has 1 heterocycles. The average molecular weight is 243 g/mol. The number of nitrogens with zero attached hydrogens (tertiary/aromatic N) is 1. The lowest BCUT2D eigenvalue weighted by atomic mass is 10.1. The first kappa shape index (κ1) is 14.3. The van der Waals surface area contributed by atoms with Gasteiger partial charge in [0.2, 0.25) is 0 Å². The van der Waals surface area contributed by atoms with E-state index in [0.717, 1.165) is 58.6 Å². The minimum absolute atomic E-state index is 0.384.